The Morgan fingerprint density at radius 3 is 2.37 bits per heavy atom. The molecule has 5 N–H and O–H groups in total. The van der Waals surface area contributed by atoms with Gasteiger partial charge in [0.25, 0.3) is 5.56 Å². The molecule has 1 aliphatic heterocycles. The smallest absolute Gasteiger partial charge is 0.356 e. The molecule has 0 saturated carbocycles. The van der Waals surface area contributed by atoms with Gasteiger partial charge in [0.1, 0.15) is 12.2 Å². The number of rotatable bonds is 2. The molecule has 2 heterocycles. The molecular formula is C8H11N2O8P. The van der Waals surface area contributed by atoms with Crippen LogP contribution in [0.15, 0.2) is 21.9 Å². The van der Waals surface area contributed by atoms with Crippen LogP contribution < -0.4 is 11.2 Å². The molecule has 0 spiro atoms. The molecular weight excluding hydrogens is 283 g/mol. The molecule has 11 heteroatoms. The van der Waals surface area contributed by atoms with E-state index in [2.05, 4.69) is 0 Å². The van der Waals surface area contributed by atoms with E-state index < -0.39 is 43.1 Å². The highest BCUT2D eigenvalue weighted by Crippen LogP contribution is 2.49. The first kappa shape index (κ1) is 14.1. The highest BCUT2D eigenvalue weighted by Gasteiger charge is 2.51. The fraction of sp³-hybridized carbons (Fsp3) is 0.500. The molecule has 2 rings (SSSR count). The van der Waals surface area contributed by atoms with Gasteiger partial charge in [0.05, 0.1) is 0 Å². The number of ether oxygens (including phenoxy) is 1. The minimum Gasteiger partial charge on any atom is -0.387 e. The van der Waals surface area contributed by atoms with E-state index in [1.54, 1.807) is 0 Å². The Hall–Kier alpha value is -1.29. The normalized spacial score (nSPS) is 31.6. The third-order valence-corrected chi connectivity index (χ3v) is 3.76. The Balaban J connectivity index is 2.40. The summed E-state index contributed by atoms with van der Waals surface area (Å²) in [5, 5.41) is 19.2. The van der Waals surface area contributed by atoms with Crippen molar-refractivity contribution in [2.24, 2.45) is 0 Å². The predicted molar refractivity (Wildman–Crippen MR) is 59.3 cm³/mol. The molecule has 10 nitrogen and oxygen atoms in total. The quantitative estimate of drug-likeness (QED) is 0.368. The van der Waals surface area contributed by atoms with Crippen molar-refractivity contribution in [1.82, 2.24) is 9.55 Å². The summed E-state index contributed by atoms with van der Waals surface area (Å²) >= 11 is 0. The highest BCUT2D eigenvalue weighted by molar-refractivity contribution is 7.52. The average molecular weight is 294 g/mol. The number of aliphatic hydroxyl groups excluding tert-OH is 2. The maximum Gasteiger partial charge on any atom is 0.356 e. The first-order valence-corrected chi connectivity index (χ1v) is 6.78. The molecule has 0 radical (unpaired) electrons. The fourth-order valence-electron chi connectivity index (χ4n) is 1.78. The van der Waals surface area contributed by atoms with Gasteiger partial charge in [-0.2, -0.15) is 0 Å². The number of hydrogen-bond acceptors (Lipinski definition) is 6. The van der Waals surface area contributed by atoms with Gasteiger partial charge >= 0.3 is 13.3 Å². The van der Waals surface area contributed by atoms with E-state index in [1.807, 2.05) is 4.98 Å². The van der Waals surface area contributed by atoms with Gasteiger partial charge in [-0.25, -0.2) is 4.79 Å². The van der Waals surface area contributed by atoms with Gasteiger partial charge < -0.3 is 24.7 Å². The lowest BCUT2D eigenvalue weighted by Gasteiger charge is -2.16. The summed E-state index contributed by atoms with van der Waals surface area (Å²) in [6.45, 7) is 0. The molecule has 1 aromatic rings. The number of aliphatic hydroxyl groups is 2. The molecule has 0 bridgehead atoms. The van der Waals surface area contributed by atoms with Crippen LogP contribution in [0.3, 0.4) is 0 Å². The van der Waals surface area contributed by atoms with Crippen molar-refractivity contribution >= 4 is 7.60 Å². The average Bonchev–Trinajstić information content (AvgIpc) is 2.56. The Labute approximate surface area is 105 Å². The van der Waals surface area contributed by atoms with Crippen molar-refractivity contribution in [3.8, 4) is 0 Å². The third-order valence-electron chi connectivity index (χ3n) is 2.67. The summed E-state index contributed by atoms with van der Waals surface area (Å²) in [6, 6.07) is 0.967. The number of H-pyrrole nitrogens is 1. The van der Waals surface area contributed by atoms with Crippen molar-refractivity contribution in [2.45, 2.75) is 24.3 Å². The van der Waals surface area contributed by atoms with E-state index >= 15 is 0 Å². The van der Waals surface area contributed by atoms with Crippen molar-refractivity contribution < 1.29 is 29.3 Å². The molecule has 0 amide bonds. The van der Waals surface area contributed by atoms with Crippen LogP contribution in [0, 0.1) is 0 Å². The summed E-state index contributed by atoms with van der Waals surface area (Å²) < 4.78 is 16.6. The monoisotopic (exact) mass is 294 g/mol. The summed E-state index contributed by atoms with van der Waals surface area (Å²) in [4.78, 5) is 42.2. The zero-order chi connectivity index (χ0) is 14.4. The molecule has 0 aromatic carbocycles. The Bertz CT molecular complexity index is 632. The van der Waals surface area contributed by atoms with Crippen LogP contribution in [-0.4, -0.2) is 47.6 Å². The van der Waals surface area contributed by atoms with Crippen LogP contribution in [-0.2, 0) is 9.30 Å². The van der Waals surface area contributed by atoms with Crippen molar-refractivity contribution in [1.29, 1.82) is 0 Å². The van der Waals surface area contributed by atoms with E-state index in [-0.39, 0.29) is 0 Å². The number of nitrogens with one attached hydrogen (secondary N) is 1. The predicted octanol–water partition coefficient (Wildman–Crippen LogP) is -2.71. The second-order valence-corrected chi connectivity index (χ2v) is 5.69. The lowest BCUT2D eigenvalue weighted by molar-refractivity contribution is -0.0281. The van der Waals surface area contributed by atoms with Gasteiger partial charge in [-0.05, 0) is 0 Å². The summed E-state index contributed by atoms with van der Waals surface area (Å²) in [7, 11) is -4.81. The summed E-state index contributed by atoms with van der Waals surface area (Å²) in [5.41, 5.74) is -1.61. The highest BCUT2D eigenvalue weighted by atomic mass is 31.2. The van der Waals surface area contributed by atoms with Crippen LogP contribution in [0.4, 0.5) is 0 Å². The second kappa shape index (κ2) is 4.67. The van der Waals surface area contributed by atoms with E-state index in [1.165, 1.54) is 0 Å². The van der Waals surface area contributed by atoms with E-state index in [0.29, 0.717) is 0 Å². The molecule has 106 valence electrons. The van der Waals surface area contributed by atoms with Crippen LogP contribution in [0.5, 0.6) is 0 Å². The van der Waals surface area contributed by atoms with Crippen LogP contribution in [0.25, 0.3) is 0 Å². The molecule has 1 saturated heterocycles. The number of hydrogen-bond donors (Lipinski definition) is 5. The fourth-order valence-corrected chi connectivity index (χ4v) is 2.63. The molecule has 1 aliphatic rings. The molecule has 1 fully saturated rings. The van der Waals surface area contributed by atoms with Gasteiger partial charge in [-0.1, -0.05) is 0 Å². The first-order chi connectivity index (χ1) is 8.71. The van der Waals surface area contributed by atoms with Crippen LogP contribution in [0.2, 0.25) is 0 Å². The zero-order valence-corrected chi connectivity index (χ0v) is 10.2. The Morgan fingerprint density at radius 1 is 1.26 bits per heavy atom. The number of aromatic nitrogens is 2. The lowest BCUT2D eigenvalue weighted by atomic mass is 10.2. The molecule has 0 aliphatic carbocycles. The van der Waals surface area contributed by atoms with Gasteiger partial charge in [0.15, 0.2) is 12.1 Å². The Kier molecular flexibility index (Phi) is 3.47. The minimum absolute atomic E-state index is 0.680. The van der Waals surface area contributed by atoms with Gasteiger partial charge in [0.2, 0.25) is 0 Å². The maximum atomic E-state index is 11.5. The SMILES string of the molecule is O=c1ccn([C@H]2O[C@H](P(=O)(O)O)[C@@H](O)[C@@H]2O)c(=O)[nH]1. The van der Waals surface area contributed by atoms with E-state index in [0.717, 1.165) is 16.8 Å². The molecule has 0 unspecified atom stereocenters. The molecule has 1 aromatic heterocycles. The zero-order valence-electron chi connectivity index (χ0n) is 9.28. The van der Waals surface area contributed by atoms with Crippen LogP contribution >= 0.6 is 7.60 Å². The number of nitrogens with zero attached hydrogens (tertiary/aromatic N) is 1. The third kappa shape index (κ3) is 2.54. The maximum absolute atomic E-state index is 11.5. The lowest BCUT2D eigenvalue weighted by Crippen LogP contribution is -2.37. The largest absolute Gasteiger partial charge is 0.387 e. The Morgan fingerprint density at radius 2 is 1.89 bits per heavy atom. The van der Waals surface area contributed by atoms with Crippen molar-refractivity contribution in [3.63, 3.8) is 0 Å². The number of aromatic amines is 1. The van der Waals surface area contributed by atoms with Gasteiger partial charge in [0, 0.05) is 12.3 Å². The van der Waals surface area contributed by atoms with E-state index in [4.69, 9.17) is 14.5 Å². The topological polar surface area (TPSA) is 162 Å². The van der Waals surface area contributed by atoms with Crippen LogP contribution in [0.1, 0.15) is 6.23 Å². The standard InChI is InChI=1S/C8H11N2O8P/c11-3-1-2-10(8(14)9-3)6-4(12)5(13)7(18-6)19(15,16)17/h1-2,4-7,12-13H,(H,9,11,14)(H2,15,16,17)/t4-,5-,6-,7+/m0/s1. The summed E-state index contributed by atoms with van der Waals surface area (Å²) in [5.74, 6) is -1.94. The summed E-state index contributed by atoms with van der Waals surface area (Å²) in [6.07, 6.45) is -4.09. The second-order valence-electron chi connectivity index (χ2n) is 4.00. The van der Waals surface area contributed by atoms with Gasteiger partial charge in [-0.3, -0.25) is 18.9 Å². The first-order valence-electron chi connectivity index (χ1n) is 5.10. The van der Waals surface area contributed by atoms with Gasteiger partial charge in [-0.15, -0.1) is 0 Å². The molecule has 19 heavy (non-hydrogen) atoms. The van der Waals surface area contributed by atoms with Crippen molar-refractivity contribution in [3.05, 3.63) is 33.1 Å². The minimum atomic E-state index is -4.81. The molecule has 4 atom stereocenters. The van der Waals surface area contributed by atoms with E-state index in [9.17, 15) is 24.4 Å². The van der Waals surface area contributed by atoms with Crippen molar-refractivity contribution in [2.75, 3.05) is 0 Å².